The van der Waals surface area contributed by atoms with Crippen LogP contribution in [0.4, 0.5) is 4.79 Å². The fourth-order valence-corrected chi connectivity index (χ4v) is 4.29. The summed E-state index contributed by atoms with van der Waals surface area (Å²) >= 11 is 1.23. The minimum Gasteiger partial charge on any atom is -0.323 e. The molecule has 25 heavy (non-hydrogen) atoms. The molecule has 0 bridgehead atoms. The number of thiazole rings is 1. The van der Waals surface area contributed by atoms with Crippen LogP contribution in [0.15, 0.2) is 5.38 Å². The van der Waals surface area contributed by atoms with Gasteiger partial charge in [-0.3, -0.25) is 14.5 Å². The van der Waals surface area contributed by atoms with Crippen molar-refractivity contribution in [3.63, 3.8) is 0 Å². The maximum atomic E-state index is 12.8. The lowest BCUT2D eigenvalue weighted by atomic mass is 9.77. The van der Waals surface area contributed by atoms with Gasteiger partial charge in [0.1, 0.15) is 10.5 Å². The van der Waals surface area contributed by atoms with Crippen molar-refractivity contribution < 1.29 is 14.4 Å². The van der Waals surface area contributed by atoms with Gasteiger partial charge in [0.2, 0.25) is 0 Å². The minimum absolute atomic E-state index is 0.343. The Balaban J connectivity index is 1.74. The van der Waals surface area contributed by atoms with Crippen LogP contribution in [-0.4, -0.2) is 39.7 Å². The zero-order valence-corrected chi connectivity index (χ0v) is 15.1. The summed E-state index contributed by atoms with van der Waals surface area (Å²) in [5.41, 5.74) is -0.137. The number of nitrogens with one attached hydrogen (secondary N) is 1. The van der Waals surface area contributed by atoms with Gasteiger partial charge >= 0.3 is 6.03 Å². The molecule has 2 heterocycles. The number of aromatic nitrogens is 1. The van der Waals surface area contributed by atoms with Gasteiger partial charge in [0.25, 0.3) is 5.91 Å². The third-order valence-corrected chi connectivity index (χ3v) is 6.05. The molecular formula is C17H20N4O3S. The van der Waals surface area contributed by atoms with Gasteiger partial charge in [-0.2, -0.15) is 5.26 Å². The number of carbonyl (C=O) groups excluding carboxylic acids is 3. The number of carbonyl (C=O) groups is 3. The molecule has 3 amide bonds. The number of amides is 3. The summed E-state index contributed by atoms with van der Waals surface area (Å²) in [5.74, 6) is -1.35. The first-order chi connectivity index (χ1) is 11.9. The molecule has 132 valence electrons. The van der Waals surface area contributed by atoms with Gasteiger partial charge in [0.15, 0.2) is 11.7 Å². The zero-order chi connectivity index (χ0) is 18.2. The van der Waals surface area contributed by atoms with E-state index in [1.54, 1.807) is 12.3 Å². The summed E-state index contributed by atoms with van der Waals surface area (Å²) in [5, 5.41) is 14.3. The zero-order valence-electron chi connectivity index (χ0n) is 14.2. The van der Waals surface area contributed by atoms with Crippen molar-refractivity contribution in [1.82, 2.24) is 15.2 Å². The maximum absolute atomic E-state index is 12.8. The molecule has 7 nitrogen and oxygen atoms in total. The molecule has 1 saturated carbocycles. The summed E-state index contributed by atoms with van der Waals surface area (Å²) in [6.45, 7) is 3.52. The highest BCUT2D eigenvalue weighted by atomic mass is 32.1. The summed E-state index contributed by atoms with van der Waals surface area (Å²) < 4.78 is 0. The second-order valence-electron chi connectivity index (χ2n) is 6.94. The van der Waals surface area contributed by atoms with Crippen LogP contribution in [0.3, 0.4) is 0 Å². The normalized spacial score (nSPS) is 27.2. The molecule has 0 aromatic carbocycles. The Morgan fingerprint density at radius 2 is 2.20 bits per heavy atom. The first-order valence-electron chi connectivity index (χ1n) is 8.35. The quantitative estimate of drug-likeness (QED) is 0.829. The van der Waals surface area contributed by atoms with Crippen LogP contribution >= 0.6 is 11.3 Å². The van der Waals surface area contributed by atoms with Crippen molar-refractivity contribution in [2.75, 3.05) is 6.54 Å². The molecule has 8 heteroatoms. The van der Waals surface area contributed by atoms with Gasteiger partial charge in [0.05, 0.1) is 12.6 Å². The predicted octanol–water partition coefficient (Wildman–Crippen LogP) is 2.13. The summed E-state index contributed by atoms with van der Waals surface area (Å²) in [4.78, 5) is 42.7. The molecule has 2 fully saturated rings. The third-order valence-electron chi connectivity index (χ3n) is 5.02. The number of hydrogen-bond donors (Lipinski definition) is 1. The molecule has 1 N–H and O–H groups in total. The van der Waals surface area contributed by atoms with Crippen molar-refractivity contribution in [3.05, 3.63) is 16.1 Å². The predicted molar refractivity (Wildman–Crippen MR) is 90.8 cm³/mol. The van der Waals surface area contributed by atoms with Crippen LogP contribution in [0.1, 0.15) is 49.2 Å². The maximum Gasteiger partial charge on any atom is 0.325 e. The third kappa shape index (κ3) is 3.16. The van der Waals surface area contributed by atoms with Crippen LogP contribution < -0.4 is 5.32 Å². The van der Waals surface area contributed by atoms with Gasteiger partial charge in [-0.15, -0.1) is 11.3 Å². The average molecular weight is 360 g/mol. The minimum atomic E-state index is -1.05. The van der Waals surface area contributed by atoms with Crippen molar-refractivity contribution >= 4 is 29.1 Å². The standard InChI is InChI=1S/C17H20N4O3S/c1-10-3-5-17(6-4-10)15(23)21(16(24)20-17)8-13(22)12(7-18)14-19-11(2)9-25-14/h9-10,12H,3-6,8H2,1-2H3,(H,20,24). The van der Waals surface area contributed by atoms with Crippen molar-refractivity contribution in [1.29, 1.82) is 5.26 Å². The Morgan fingerprint density at radius 3 is 2.76 bits per heavy atom. The number of rotatable bonds is 4. The highest BCUT2D eigenvalue weighted by Gasteiger charge is 2.52. The number of aryl methyl sites for hydroxylation is 1. The van der Waals surface area contributed by atoms with Gasteiger partial charge in [0, 0.05) is 11.1 Å². The average Bonchev–Trinajstić information content (AvgIpc) is 3.09. The lowest BCUT2D eigenvalue weighted by molar-refractivity contribution is -0.135. The van der Waals surface area contributed by atoms with Crippen LogP contribution in [0, 0.1) is 24.2 Å². The summed E-state index contributed by atoms with van der Waals surface area (Å²) in [6.07, 6.45) is 2.92. The Hall–Kier alpha value is -2.27. The van der Waals surface area contributed by atoms with E-state index in [2.05, 4.69) is 17.2 Å². The topological polar surface area (TPSA) is 103 Å². The largest absolute Gasteiger partial charge is 0.325 e. The van der Waals surface area contributed by atoms with Crippen molar-refractivity contribution in [2.45, 2.75) is 51.0 Å². The van der Waals surface area contributed by atoms with Gasteiger partial charge < -0.3 is 5.32 Å². The Bertz CT molecular complexity index is 758. The number of ketones is 1. The Labute approximate surface area is 150 Å². The molecule has 1 aromatic rings. The molecular weight excluding hydrogens is 340 g/mol. The van der Waals surface area contributed by atoms with Crippen LogP contribution in [0.25, 0.3) is 0 Å². The number of urea groups is 1. The van der Waals surface area contributed by atoms with E-state index in [9.17, 15) is 19.6 Å². The second kappa shape index (κ2) is 6.56. The Morgan fingerprint density at radius 1 is 1.52 bits per heavy atom. The van der Waals surface area contributed by atoms with Gasteiger partial charge in [-0.05, 0) is 38.5 Å². The SMILES string of the molecule is Cc1csc(C(C#N)C(=O)CN2C(=O)NC3(CCC(C)CC3)C2=O)n1. The van der Waals surface area contributed by atoms with E-state index in [4.69, 9.17) is 0 Å². The van der Waals surface area contributed by atoms with E-state index in [1.165, 1.54) is 11.3 Å². The molecule has 1 aromatic heterocycles. The number of nitrogens with zero attached hydrogens (tertiary/aromatic N) is 3. The lowest BCUT2D eigenvalue weighted by Crippen LogP contribution is -2.49. The number of Topliss-reactive ketones (excluding diaryl/α,β-unsaturated/α-hetero) is 1. The first-order valence-corrected chi connectivity index (χ1v) is 9.23. The second-order valence-corrected chi connectivity index (χ2v) is 7.83. The molecule has 3 rings (SSSR count). The van der Waals surface area contributed by atoms with E-state index in [1.807, 2.05) is 6.07 Å². The van der Waals surface area contributed by atoms with Crippen molar-refractivity contribution in [2.24, 2.45) is 5.92 Å². The van der Waals surface area contributed by atoms with E-state index < -0.39 is 29.8 Å². The summed E-state index contributed by atoms with van der Waals surface area (Å²) in [7, 11) is 0. The Kier molecular flexibility index (Phi) is 4.60. The van der Waals surface area contributed by atoms with Crippen LogP contribution in [0.5, 0.6) is 0 Å². The first kappa shape index (κ1) is 17.5. The van der Waals surface area contributed by atoms with Gasteiger partial charge in [-0.25, -0.2) is 9.78 Å². The molecule has 2 aliphatic rings. The highest BCUT2D eigenvalue weighted by molar-refractivity contribution is 7.09. The fraction of sp³-hybridized carbons (Fsp3) is 0.588. The summed E-state index contributed by atoms with van der Waals surface area (Å²) in [6, 6.07) is 1.40. The van der Waals surface area contributed by atoms with E-state index in [-0.39, 0.29) is 5.91 Å². The van der Waals surface area contributed by atoms with Crippen LogP contribution in [0.2, 0.25) is 0 Å². The van der Waals surface area contributed by atoms with E-state index in [0.717, 1.165) is 23.4 Å². The molecule has 1 aliphatic carbocycles. The number of nitriles is 1. The van der Waals surface area contributed by atoms with Gasteiger partial charge in [-0.1, -0.05) is 6.92 Å². The fourth-order valence-electron chi connectivity index (χ4n) is 3.43. The van der Waals surface area contributed by atoms with E-state index in [0.29, 0.717) is 23.8 Å². The number of hydrogen-bond acceptors (Lipinski definition) is 6. The smallest absolute Gasteiger partial charge is 0.323 e. The molecule has 1 unspecified atom stereocenters. The van der Waals surface area contributed by atoms with Crippen LogP contribution in [-0.2, 0) is 9.59 Å². The van der Waals surface area contributed by atoms with Crippen molar-refractivity contribution in [3.8, 4) is 6.07 Å². The monoisotopic (exact) mass is 360 g/mol. The molecule has 1 spiro atoms. The molecule has 1 atom stereocenters. The molecule has 1 saturated heterocycles. The number of imide groups is 1. The molecule has 1 aliphatic heterocycles. The van der Waals surface area contributed by atoms with E-state index >= 15 is 0 Å². The highest BCUT2D eigenvalue weighted by Crippen LogP contribution is 2.36. The molecule has 0 radical (unpaired) electrons. The lowest BCUT2D eigenvalue weighted by Gasteiger charge is -2.33.